The summed E-state index contributed by atoms with van der Waals surface area (Å²) in [6, 6.07) is 8.02. The van der Waals surface area contributed by atoms with Crippen LogP contribution in [0.2, 0.25) is 0 Å². The second-order valence-electron chi connectivity index (χ2n) is 4.55. The van der Waals surface area contributed by atoms with E-state index in [9.17, 15) is 4.79 Å². The van der Waals surface area contributed by atoms with Gasteiger partial charge in [-0.15, -0.1) is 0 Å². The number of hydrogen-bond donors (Lipinski definition) is 1. The third-order valence-electron chi connectivity index (χ3n) is 2.94. The number of aliphatic carboxylic acids is 1. The maximum atomic E-state index is 10.7. The minimum Gasteiger partial charge on any atom is -0.481 e. The van der Waals surface area contributed by atoms with Crippen molar-refractivity contribution in [2.45, 2.75) is 33.1 Å². The number of nitrogens with zero attached hydrogens (tertiary/aromatic N) is 1. The molecule has 1 heterocycles. The minimum atomic E-state index is -0.913. The first-order chi connectivity index (χ1) is 9.10. The molecular weight excluding hydrogens is 242 g/mol. The van der Waals surface area contributed by atoms with Gasteiger partial charge in [0.1, 0.15) is 12.2 Å². The molecule has 19 heavy (non-hydrogen) atoms. The van der Waals surface area contributed by atoms with E-state index >= 15 is 0 Å². The number of aromatic nitrogens is 1. The molecule has 1 aromatic heterocycles. The topological polar surface area (TPSA) is 63.3 Å². The number of hydrogen-bond acceptors (Lipinski definition) is 3. The molecule has 0 bridgehead atoms. The zero-order chi connectivity index (χ0) is 13.8. The van der Waals surface area contributed by atoms with Crippen LogP contribution in [-0.4, -0.2) is 16.1 Å². The van der Waals surface area contributed by atoms with Crippen molar-refractivity contribution < 1.29 is 14.3 Å². The summed E-state index contributed by atoms with van der Waals surface area (Å²) in [5.74, 6) is -0.0129. The van der Waals surface area contributed by atoms with Crippen LogP contribution in [0.3, 0.4) is 0 Å². The first-order valence-corrected chi connectivity index (χ1v) is 6.37. The number of aryl methyl sites for hydroxylation is 2. The number of carboxylic acids is 1. The standard InChI is InChI=1S/C15H17NO3/c1-3-4-11-5-7-12(8-6-11)15-16-10(2)13(19-15)9-14(17)18/h5-8H,3-4,9H2,1-2H3,(H,17,18). The molecule has 2 rings (SSSR count). The van der Waals surface area contributed by atoms with Gasteiger partial charge in [0.25, 0.3) is 0 Å². The van der Waals surface area contributed by atoms with Gasteiger partial charge in [-0.1, -0.05) is 25.5 Å². The Kier molecular flexibility index (Phi) is 4.00. The van der Waals surface area contributed by atoms with E-state index in [1.807, 2.05) is 12.1 Å². The molecular formula is C15H17NO3. The van der Waals surface area contributed by atoms with E-state index < -0.39 is 5.97 Å². The zero-order valence-electron chi connectivity index (χ0n) is 11.1. The van der Waals surface area contributed by atoms with Crippen LogP contribution in [0.25, 0.3) is 11.5 Å². The Morgan fingerprint density at radius 3 is 2.58 bits per heavy atom. The van der Waals surface area contributed by atoms with Crippen molar-refractivity contribution >= 4 is 5.97 Å². The molecule has 0 aliphatic rings. The average molecular weight is 259 g/mol. The van der Waals surface area contributed by atoms with E-state index in [4.69, 9.17) is 9.52 Å². The van der Waals surface area contributed by atoms with Gasteiger partial charge in [-0.25, -0.2) is 4.98 Å². The Bertz CT molecular complexity index is 570. The van der Waals surface area contributed by atoms with Gasteiger partial charge >= 0.3 is 5.97 Å². The highest BCUT2D eigenvalue weighted by atomic mass is 16.4. The Morgan fingerprint density at radius 2 is 2.00 bits per heavy atom. The van der Waals surface area contributed by atoms with Crippen molar-refractivity contribution in [2.24, 2.45) is 0 Å². The molecule has 0 unspecified atom stereocenters. The highest BCUT2D eigenvalue weighted by molar-refractivity contribution is 5.70. The number of rotatable bonds is 5. The molecule has 0 saturated carbocycles. The molecule has 0 atom stereocenters. The minimum absolute atomic E-state index is 0.132. The molecule has 0 radical (unpaired) electrons. The SMILES string of the molecule is CCCc1ccc(-c2nc(C)c(CC(=O)O)o2)cc1. The smallest absolute Gasteiger partial charge is 0.311 e. The lowest BCUT2D eigenvalue weighted by molar-refractivity contribution is -0.136. The Hall–Kier alpha value is -2.10. The first-order valence-electron chi connectivity index (χ1n) is 6.37. The van der Waals surface area contributed by atoms with Crippen LogP contribution in [0.15, 0.2) is 28.7 Å². The molecule has 4 heteroatoms. The van der Waals surface area contributed by atoms with Crippen LogP contribution in [-0.2, 0) is 17.6 Å². The van der Waals surface area contributed by atoms with Gasteiger partial charge in [0.05, 0.1) is 5.69 Å². The average Bonchev–Trinajstić information content (AvgIpc) is 2.71. The lowest BCUT2D eigenvalue weighted by Gasteiger charge is -1.99. The second kappa shape index (κ2) is 5.69. The van der Waals surface area contributed by atoms with Gasteiger partial charge in [-0.2, -0.15) is 0 Å². The summed E-state index contributed by atoms with van der Waals surface area (Å²) < 4.78 is 5.52. The molecule has 0 aliphatic heterocycles. The molecule has 0 spiro atoms. The lowest BCUT2D eigenvalue weighted by Crippen LogP contribution is -1.99. The number of carbonyl (C=O) groups is 1. The summed E-state index contributed by atoms with van der Waals surface area (Å²) in [5, 5.41) is 8.78. The van der Waals surface area contributed by atoms with Crippen molar-refractivity contribution in [1.82, 2.24) is 4.98 Å². The second-order valence-corrected chi connectivity index (χ2v) is 4.55. The third kappa shape index (κ3) is 3.22. The number of benzene rings is 1. The Labute approximate surface area is 112 Å². The molecule has 0 aliphatic carbocycles. The van der Waals surface area contributed by atoms with Gasteiger partial charge in [0, 0.05) is 5.56 Å². The molecule has 1 N–H and O–H groups in total. The van der Waals surface area contributed by atoms with Crippen molar-refractivity contribution in [2.75, 3.05) is 0 Å². The molecule has 2 aromatic rings. The molecule has 1 aromatic carbocycles. The molecule has 100 valence electrons. The van der Waals surface area contributed by atoms with Crippen LogP contribution in [0, 0.1) is 6.92 Å². The molecule has 0 fully saturated rings. The van der Waals surface area contributed by atoms with Crippen molar-refractivity contribution in [3.8, 4) is 11.5 Å². The number of carboxylic acid groups (broad SMARTS) is 1. The van der Waals surface area contributed by atoms with Crippen LogP contribution in [0.1, 0.15) is 30.4 Å². The fourth-order valence-corrected chi connectivity index (χ4v) is 1.96. The maximum Gasteiger partial charge on any atom is 0.311 e. The third-order valence-corrected chi connectivity index (χ3v) is 2.94. The van der Waals surface area contributed by atoms with Crippen molar-refractivity contribution in [3.05, 3.63) is 41.3 Å². The molecule has 0 saturated heterocycles. The quantitative estimate of drug-likeness (QED) is 0.895. The van der Waals surface area contributed by atoms with Gasteiger partial charge in [0.2, 0.25) is 5.89 Å². The summed E-state index contributed by atoms with van der Waals surface area (Å²) in [4.78, 5) is 15.0. The van der Waals surface area contributed by atoms with E-state index in [1.165, 1.54) is 5.56 Å². The summed E-state index contributed by atoms with van der Waals surface area (Å²) in [7, 11) is 0. The lowest BCUT2D eigenvalue weighted by atomic mass is 10.1. The Morgan fingerprint density at radius 1 is 1.32 bits per heavy atom. The van der Waals surface area contributed by atoms with Crippen LogP contribution >= 0.6 is 0 Å². The van der Waals surface area contributed by atoms with Crippen molar-refractivity contribution in [1.29, 1.82) is 0 Å². The predicted octanol–water partition coefficient (Wildman–Crippen LogP) is 3.23. The summed E-state index contributed by atoms with van der Waals surface area (Å²) in [6.07, 6.45) is 2.03. The zero-order valence-corrected chi connectivity index (χ0v) is 11.1. The van der Waals surface area contributed by atoms with Gasteiger partial charge in [0.15, 0.2) is 0 Å². The summed E-state index contributed by atoms with van der Waals surface area (Å²) in [5.41, 5.74) is 2.79. The fraction of sp³-hybridized carbons (Fsp3) is 0.333. The number of oxazole rings is 1. The highest BCUT2D eigenvalue weighted by Gasteiger charge is 2.13. The summed E-state index contributed by atoms with van der Waals surface area (Å²) >= 11 is 0. The molecule has 0 amide bonds. The van der Waals surface area contributed by atoms with Gasteiger partial charge in [-0.3, -0.25) is 4.79 Å². The van der Waals surface area contributed by atoms with E-state index in [1.54, 1.807) is 6.92 Å². The van der Waals surface area contributed by atoms with Crippen LogP contribution < -0.4 is 0 Å². The summed E-state index contributed by atoms with van der Waals surface area (Å²) in [6.45, 7) is 3.90. The Balaban J connectivity index is 2.24. The normalized spacial score (nSPS) is 10.6. The highest BCUT2D eigenvalue weighted by Crippen LogP contribution is 2.22. The largest absolute Gasteiger partial charge is 0.481 e. The fourth-order valence-electron chi connectivity index (χ4n) is 1.96. The predicted molar refractivity (Wildman–Crippen MR) is 72.0 cm³/mol. The van der Waals surface area contributed by atoms with Crippen LogP contribution in [0.4, 0.5) is 0 Å². The molecule has 4 nitrogen and oxygen atoms in total. The van der Waals surface area contributed by atoms with Gasteiger partial charge in [-0.05, 0) is 31.0 Å². The first kappa shape index (κ1) is 13.3. The monoisotopic (exact) mass is 259 g/mol. The van der Waals surface area contributed by atoms with Gasteiger partial charge < -0.3 is 9.52 Å². The van der Waals surface area contributed by atoms with E-state index in [-0.39, 0.29) is 6.42 Å². The van der Waals surface area contributed by atoms with E-state index in [0.29, 0.717) is 17.3 Å². The maximum absolute atomic E-state index is 10.7. The van der Waals surface area contributed by atoms with Crippen molar-refractivity contribution in [3.63, 3.8) is 0 Å². The van der Waals surface area contributed by atoms with E-state index in [0.717, 1.165) is 18.4 Å². The van der Waals surface area contributed by atoms with Crippen LogP contribution in [0.5, 0.6) is 0 Å². The van der Waals surface area contributed by atoms with E-state index in [2.05, 4.69) is 24.0 Å².